The van der Waals surface area contributed by atoms with Crippen molar-refractivity contribution in [2.75, 3.05) is 40.3 Å². The molecule has 2 heterocycles. The summed E-state index contributed by atoms with van der Waals surface area (Å²) < 4.78 is 33.9. The monoisotopic (exact) mass is 435 g/mol. The van der Waals surface area contributed by atoms with Crippen LogP contribution in [-0.2, 0) is 16.6 Å². The van der Waals surface area contributed by atoms with Gasteiger partial charge in [-0.3, -0.25) is 0 Å². The van der Waals surface area contributed by atoms with Crippen molar-refractivity contribution in [3.8, 4) is 5.75 Å². The van der Waals surface area contributed by atoms with Crippen molar-refractivity contribution in [1.82, 2.24) is 13.9 Å². The quantitative estimate of drug-likeness (QED) is 0.715. The highest BCUT2D eigenvalue weighted by Gasteiger charge is 2.28. The molecule has 4 rings (SSSR count). The molecule has 7 heteroatoms. The van der Waals surface area contributed by atoms with Crippen molar-refractivity contribution < 1.29 is 13.2 Å². The van der Waals surface area contributed by atoms with Crippen molar-refractivity contribution in [1.29, 1.82) is 0 Å². The lowest BCUT2D eigenvalue weighted by Crippen LogP contribution is -2.43. The molecule has 0 spiro atoms. The molecule has 0 radical (unpaired) electrons. The van der Waals surface area contributed by atoms with Gasteiger partial charge in [0.1, 0.15) is 5.75 Å². The molecule has 1 saturated carbocycles. The van der Waals surface area contributed by atoms with Crippen molar-refractivity contribution >= 4 is 10.2 Å². The number of hydrogen-bond acceptors (Lipinski definition) is 4. The van der Waals surface area contributed by atoms with E-state index in [2.05, 4.69) is 27.8 Å². The minimum atomic E-state index is -3.31. The lowest BCUT2D eigenvalue weighted by molar-refractivity contribution is 0.185. The predicted octanol–water partition coefficient (Wildman–Crippen LogP) is 3.15. The van der Waals surface area contributed by atoms with Crippen molar-refractivity contribution in [2.24, 2.45) is 5.92 Å². The topological polar surface area (TPSA) is 61.9 Å². The Balaban J connectivity index is 1.18. The third-order valence-corrected chi connectivity index (χ3v) is 8.90. The molecule has 6 nitrogen and oxygen atoms in total. The summed E-state index contributed by atoms with van der Waals surface area (Å²) in [4.78, 5) is 2.64. The van der Waals surface area contributed by atoms with E-state index >= 15 is 0 Å². The summed E-state index contributed by atoms with van der Waals surface area (Å²) in [7, 11) is -0.151. The fourth-order valence-corrected chi connectivity index (χ4v) is 6.22. The SMILES string of the molecule is CN(C)S(=O)(=O)N[C@H]1CC[C@H](CCN2CCC(c3cccc4c3CCO4)CC2)CC1. The van der Waals surface area contributed by atoms with Crippen LogP contribution in [0, 0.1) is 5.92 Å². The van der Waals surface area contributed by atoms with E-state index in [-0.39, 0.29) is 6.04 Å². The minimum absolute atomic E-state index is 0.0981. The Kier molecular flexibility index (Phi) is 7.02. The van der Waals surface area contributed by atoms with Crippen LogP contribution >= 0.6 is 0 Å². The van der Waals surface area contributed by atoms with E-state index in [1.807, 2.05) is 0 Å². The van der Waals surface area contributed by atoms with Gasteiger partial charge in [-0.15, -0.1) is 0 Å². The van der Waals surface area contributed by atoms with E-state index in [4.69, 9.17) is 4.74 Å². The number of nitrogens with one attached hydrogen (secondary N) is 1. The van der Waals surface area contributed by atoms with Crippen LogP contribution in [0.5, 0.6) is 5.75 Å². The molecule has 0 atom stereocenters. The average molecular weight is 436 g/mol. The molecule has 1 aromatic carbocycles. The van der Waals surface area contributed by atoms with Crippen LogP contribution in [0.25, 0.3) is 0 Å². The first kappa shape index (κ1) is 22.1. The van der Waals surface area contributed by atoms with Crippen LogP contribution in [0.4, 0.5) is 0 Å². The maximum atomic E-state index is 12.0. The maximum absolute atomic E-state index is 12.0. The highest BCUT2D eigenvalue weighted by atomic mass is 32.2. The van der Waals surface area contributed by atoms with Gasteiger partial charge in [-0.05, 0) is 88.0 Å². The third kappa shape index (κ3) is 5.18. The molecule has 3 aliphatic rings. The van der Waals surface area contributed by atoms with Crippen LogP contribution in [0.1, 0.15) is 62.0 Å². The van der Waals surface area contributed by atoms with Crippen LogP contribution in [0.3, 0.4) is 0 Å². The molecule has 2 aliphatic heterocycles. The number of hydrogen-bond donors (Lipinski definition) is 1. The van der Waals surface area contributed by atoms with E-state index in [0.717, 1.165) is 50.4 Å². The normalized spacial score (nSPS) is 26.0. The Morgan fingerprint density at radius 3 is 2.53 bits per heavy atom. The smallest absolute Gasteiger partial charge is 0.279 e. The van der Waals surface area contributed by atoms with E-state index in [9.17, 15) is 8.42 Å². The first-order valence-corrected chi connectivity index (χ1v) is 13.0. The Morgan fingerprint density at radius 2 is 1.83 bits per heavy atom. The molecule has 168 valence electrons. The Bertz CT molecular complexity index is 811. The highest BCUT2D eigenvalue weighted by molar-refractivity contribution is 7.87. The third-order valence-electron chi connectivity index (χ3n) is 7.30. The first-order valence-electron chi connectivity index (χ1n) is 11.6. The van der Waals surface area contributed by atoms with E-state index < -0.39 is 10.2 Å². The second-order valence-electron chi connectivity index (χ2n) is 9.45. The van der Waals surface area contributed by atoms with Crippen LogP contribution < -0.4 is 9.46 Å². The summed E-state index contributed by atoms with van der Waals surface area (Å²) in [6.45, 7) is 4.39. The lowest BCUT2D eigenvalue weighted by Gasteiger charge is -2.35. The van der Waals surface area contributed by atoms with Gasteiger partial charge in [0, 0.05) is 32.1 Å². The number of fused-ring (bicyclic) bond motifs is 1. The largest absolute Gasteiger partial charge is 0.493 e. The van der Waals surface area contributed by atoms with Gasteiger partial charge in [0.2, 0.25) is 0 Å². The average Bonchev–Trinajstić information content (AvgIpc) is 3.22. The van der Waals surface area contributed by atoms with Gasteiger partial charge in [-0.2, -0.15) is 17.4 Å². The molecule has 30 heavy (non-hydrogen) atoms. The Hall–Kier alpha value is -1.15. The number of nitrogens with zero attached hydrogens (tertiary/aromatic N) is 2. The van der Waals surface area contributed by atoms with Gasteiger partial charge in [-0.25, -0.2) is 0 Å². The van der Waals surface area contributed by atoms with Gasteiger partial charge < -0.3 is 9.64 Å². The molecule has 1 saturated heterocycles. The van der Waals surface area contributed by atoms with Gasteiger partial charge >= 0.3 is 0 Å². The molecule has 1 aromatic rings. The number of likely N-dealkylation sites (tertiary alicyclic amines) is 1. The molecule has 0 bridgehead atoms. The van der Waals surface area contributed by atoms with E-state index in [0.29, 0.717) is 5.92 Å². The lowest BCUT2D eigenvalue weighted by atomic mass is 9.83. The fourth-order valence-electron chi connectivity index (χ4n) is 5.35. The van der Waals surface area contributed by atoms with Gasteiger partial charge in [0.05, 0.1) is 6.61 Å². The van der Waals surface area contributed by atoms with Crippen LogP contribution in [-0.4, -0.2) is 64.0 Å². The van der Waals surface area contributed by atoms with Crippen molar-refractivity contribution in [2.45, 2.75) is 63.3 Å². The standard InChI is InChI=1S/C23H37N3O3S/c1-25(2)30(27,28)24-20-8-6-18(7-9-20)10-14-26-15-11-19(12-16-26)21-4-3-5-23-22(21)13-17-29-23/h3-5,18-20,24H,6-17H2,1-2H3/t18-,20-. The summed E-state index contributed by atoms with van der Waals surface area (Å²) in [5, 5.41) is 0. The van der Waals surface area contributed by atoms with Crippen molar-refractivity contribution in [3.63, 3.8) is 0 Å². The van der Waals surface area contributed by atoms with E-state index in [1.165, 1.54) is 54.3 Å². The molecular formula is C23H37N3O3S. The molecule has 0 unspecified atom stereocenters. The molecule has 2 fully saturated rings. The second kappa shape index (κ2) is 9.55. The predicted molar refractivity (Wildman–Crippen MR) is 120 cm³/mol. The van der Waals surface area contributed by atoms with Gasteiger partial charge in [0.15, 0.2) is 0 Å². The molecule has 0 aromatic heterocycles. The Labute approximate surface area is 182 Å². The number of ether oxygens (including phenoxy) is 1. The van der Waals surface area contributed by atoms with Gasteiger partial charge in [-0.1, -0.05) is 12.1 Å². The summed E-state index contributed by atoms with van der Waals surface area (Å²) >= 11 is 0. The minimum Gasteiger partial charge on any atom is -0.493 e. The summed E-state index contributed by atoms with van der Waals surface area (Å²) in [5.74, 6) is 2.52. The zero-order valence-corrected chi connectivity index (χ0v) is 19.3. The summed E-state index contributed by atoms with van der Waals surface area (Å²) in [5.41, 5.74) is 2.99. The van der Waals surface area contributed by atoms with Gasteiger partial charge in [0.25, 0.3) is 10.2 Å². The van der Waals surface area contributed by atoms with Crippen LogP contribution in [0.15, 0.2) is 18.2 Å². The van der Waals surface area contributed by atoms with Crippen LogP contribution in [0.2, 0.25) is 0 Å². The first-order chi connectivity index (χ1) is 14.4. The summed E-state index contributed by atoms with van der Waals surface area (Å²) in [6.07, 6.45) is 8.99. The molecular weight excluding hydrogens is 398 g/mol. The zero-order chi connectivity index (χ0) is 21.1. The maximum Gasteiger partial charge on any atom is 0.279 e. The van der Waals surface area contributed by atoms with E-state index in [1.54, 1.807) is 14.1 Å². The summed E-state index contributed by atoms with van der Waals surface area (Å²) in [6, 6.07) is 6.68. The highest BCUT2D eigenvalue weighted by Crippen LogP contribution is 2.37. The molecule has 1 N–H and O–H groups in total. The second-order valence-corrected chi connectivity index (χ2v) is 11.4. The number of benzene rings is 1. The number of piperidine rings is 1. The molecule has 0 amide bonds. The zero-order valence-electron chi connectivity index (χ0n) is 18.5. The Morgan fingerprint density at radius 1 is 1.10 bits per heavy atom. The fraction of sp³-hybridized carbons (Fsp3) is 0.739. The number of rotatable bonds is 7. The molecule has 1 aliphatic carbocycles. The van der Waals surface area contributed by atoms with Crippen molar-refractivity contribution in [3.05, 3.63) is 29.3 Å².